The van der Waals surface area contributed by atoms with E-state index in [-0.39, 0.29) is 6.10 Å². The van der Waals surface area contributed by atoms with E-state index in [4.69, 9.17) is 9.47 Å². The van der Waals surface area contributed by atoms with E-state index in [2.05, 4.69) is 5.32 Å². The van der Waals surface area contributed by atoms with E-state index in [1.807, 2.05) is 12.1 Å². The molecule has 0 aliphatic carbocycles. The maximum atomic E-state index is 11.1. The lowest BCUT2D eigenvalue weighted by Gasteiger charge is -2.24. The Hall–Kier alpha value is -1.55. The third-order valence-corrected chi connectivity index (χ3v) is 2.94. The summed E-state index contributed by atoms with van der Waals surface area (Å²) in [6.07, 6.45) is 2.90. The summed E-state index contributed by atoms with van der Waals surface area (Å²) in [5, 5.41) is 3.28. The Bertz CT molecular complexity index is 386. The number of ether oxygens (including phenoxy) is 2. The van der Waals surface area contributed by atoms with Crippen molar-refractivity contribution in [2.75, 3.05) is 20.2 Å². The number of aldehydes is 1. The second-order valence-corrected chi connectivity index (χ2v) is 4.06. The van der Waals surface area contributed by atoms with Gasteiger partial charge in [-0.25, -0.2) is 0 Å². The molecule has 92 valence electrons. The topological polar surface area (TPSA) is 47.6 Å². The van der Waals surface area contributed by atoms with Gasteiger partial charge in [-0.1, -0.05) is 6.07 Å². The molecule has 1 heterocycles. The molecule has 1 aliphatic rings. The van der Waals surface area contributed by atoms with Crippen LogP contribution in [0.2, 0.25) is 0 Å². The molecule has 1 saturated heterocycles. The average molecular weight is 235 g/mol. The van der Waals surface area contributed by atoms with Crippen molar-refractivity contribution in [2.24, 2.45) is 0 Å². The molecule has 0 amide bonds. The van der Waals surface area contributed by atoms with Gasteiger partial charge in [-0.15, -0.1) is 0 Å². The predicted octanol–water partition coefficient (Wildman–Crippen LogP) is 1.64. The molecule has 1 fully saturated rings. The zero-order valence-corrected chi connectivity index (χ0v) is 9.94. The van der Waals surface area contributed by atoms with Crippen LogP contribution in [0.15, 0.2) is 18.2 Å². The summed E-state index contributed by atoms with van der Waals surface area (Å²) in [6, 6.07) is 5.41. The van der Waals surface area contributed by atoms with Crippen molar-refractivity contribution < 1.29 is 14.3 Å². The summed E-state index contributed by atoms with van der Waals surface area (Å²) in [7, 11) is 1.55. The Morgan fingerprint density at radius 1 is 1.29 bits per heavy atom. The maximum Gasteiger partial charge on any atom is 0.157 e. The van der Waals surface area contributed by atoms with Crippen molar-refractivity contribution >= 4 is 6.29 Å². The van der Waals surface area contributed by atoms with Gasteiger partial charge in [-0.3, -0.25) is 4.79 Å². The van der Waals surface area contributed by atoms with Crippen LogP contribution in [0.3, 0.4) is 0 Å². The fourth-order valence-corrected chi connectivity index (χ4v) is 2.01. The highest BCUT2D eigenvalue weighted by Crippen LogP contribution is 2.28. The normalized spacial score (nSPS) is 16.5. The summed E-state index contributed by atoms with van der Waals surface area (Å²) >= 11 is 0. The largest absolute Gasteiger partial charge is 0.496 e. The number of carbonyl (C=O) groups is 1. The molecule has 1 N–H and O–H groups in total. The highest BCUT2D eigenvalue weighted by Gasteiger charge is 2.17. The Balaban J connectivity index is 2.16. The summed E-state index contributed by atoms with van der Waals surface area (Å²) in [4.78, 5) is 11.1. The maximum absolute atomic E-state index is 11.1. The van der Waals surface area contributed by atoms with Crippen molar-refractivity contribution in [2.45, 2.75) is 18.9 Å². The number of methoxy groups -OCH3 is 1. The van der Waals surface area contributed by atoms with Crippen LogP contribution in [0.25, 0.3) is 0 Å². The molecule has 0 spiro atoms. The molecule has 1 aliphatic heterocycles. The molecule has 0 bridgehead atoms. The molecule has 0 aromatic heterocycles. The molecule has 0 unspecified atom stereocenters. The minimum atomic E-state index is 0.182. The van der Waals surface area contributed by atoms with Crippen molar-refractivity contribution in [3.05, 3.63) is 23.8 Å². The first-order chi connectivity index (χ1) is 8.35. The van der Waals surface area contributed by atoms with Crippen LogP contribution in [-0.2, 0) is 0 Å². The first-order valence-corrected chi connectivity index (χ1v) is 5.84. The zero-order chi connectivity index (χ0) is 12.1. The van der Waals surface area contributed by atoms with Crippen molar-refractivity contribution in [3.8, 4) is 11.5 Å². The Morgan fingerprint density at radius 3 is 2.65 bits per heavy atom. The molecule has 17 heavy (non-hydrogen) atoms. The molecule has 0 saturated carbocycles. The lowest BCUT2D eigenvalue weighted by Crippen LogP contribution is -2.34. The molecule has 1 aromatic rings. The third kappa shape index (κ3) is 2.77. The molecule has 4 nitrogen and oxygen atoms in total. The van der Waals surface area contributed by atoms with Gasteiger partial charge in [0.05, 0.1) is 12.7 Å². The number of piperidine rings is 1. The van der Waals surface area contributed by atoms with E-state index in [0.717, 1.165) is 32.2 Å². The van der Waals surface area contributed by atoms with E-state index in [0.29, 0.717) is 17.1 Å². The van der Waals surface area contributed by atoms with Gasteiger partial charge < -0.3 is 14.8 Å². The van der Waals surface area contributed by atoms with Gasteiger partial charge in [0.2, 0.25) is 0 Å². The van der Waals surface area contributed by atoms with Gasteiger partial charge in [0.1, 0.15) is 17.6 Å². The van der Waals surface area contributed by atoms with Crippen LogP contribution in [0, 0.1) is 0 Å². The molecule has 2 rings (SSSR count). The number of hydrogen-bond acceptors (Lipinski definition) is 4. The Labute approximate surface area is 101 Å². The number of hydrogen-bond donors (Lipinski definition) is 1. The van der Waals surface area contributed by atoms with Gasteiger partial charge in [0.25, 0.3) is 0 Å². The first kappa shape index (κ1) is 11.9. The van der Waals surface area contributed by atoms with Gasteiger partial charge in [0, 0.05) is 0 Å². The summed E-state index contributed by atoms with van der Waals surface area (Å²) in [6.45, 7) is 1.93. The van der Waals surface area contributed by atoms with Crippen LogP contribution < -0.4 is 14.8 Å². The van der Waals surface area contributed by atoms with Crippen molar-refractivity contribution in [1.29, 1.82) is 0 Å². The Kier molecular flexibility index (Phi) is 3.98. The molecular formula is C13H17NO3. The van der Waals surface area contributed by atoms with E-state index < -0.39 is 0 Å². The van der Waals surface area contributed by atoms with E-state index >= 15 is 0 Å². The zero-order valence-electron chi connectivity index (χ0n) is 9.94. The highest BCUT2D eigenvalue weighted by molar-refractivity contribution is 5.83. The van der Waals surface area contributed by atoms with Gasteiger partial charge in [-0.05, 0) is 38.1 Å². The smallest absolute Gasteiger partial charge is 0.157 e. The standard InChI is InChI=1S/C13H17NO3/c1-16-12-3-2-4-13(11(12)9-15)17-10-5-7-14-8-6-10/h2-4,9-10,14H,5-8H2,1H3. The summed E-state index contributed by atoms with van der Waals surface area (Å²) in [5.74, 6) is 1.18. The second kappa shape index (κ2) is 5.68. The highest BCUT2D eigenvalue weighted by atomic mass is 16.5. The van der Waals surface area contributed by atoms with Crippen molar-refractivity contribution in [3.63, 3.8) is 0 Å². The van der Waals surface area contributed by atoms with Crippen LogP contribution in [0.5, 0.6) is 11.5 Å². The molecule has 4 heteroatoms. The number of nitrogens with one attached hydrogen (secondary N) is 1. The minimum Gasteiger partial charge on any atom is -0.496 e. The summed E-state index contributed by atoms with van der Waals surface area (Å²) in [5.41, 5.74) is 0.494. The van der Waals surface area contributed by atoms with E-state index in [1.54, 1.807) is 13.2 Å². The fraction of sp³-hybridized carbons (Fsp3) is 0.462. The van der Waals surface area contributed by atoms with Gasteiger partial charge >= 0.3 is 0 Å². The number of rotatable bonds is 4. The molecule has 1 aromatic carbocycles. The van der Waals surface area contributed by atoms with Crippen LogP contribution in [0.4, 0.5) is 0 Å². The first-order valence-electron chi connectivity index (χ1n) is 5.84. The Morgan fingerprint density at radius 2 is 2.00 bits per heavy atom. The number of benzene rings is 1. The van der Waals surface area contributed by atoms with Crippen LogP contribution in [0.1, 0.15) is 23.2 Å². The van der Waals surface area contributed by atoms with Crippen LogP contribution >= 0.6 is 0 Å². The molecular weight excluding hydrogens is 218 g/mol. The van der Waals surface area contributed by atoms with E-state index in [9.17, 15) is 4.79 Å². The predicted molar refractivity (Wildman–Crippen MR) is 64.9 cm³/mol. The van der Waals surface area contributed by atoms with Gasteiger partial charge in [0.15, 0.2) is 6.29 Å². The minimum absolute atomic E-state index is 0.182. The molecule has 0 radical (unpaired) electrons. The van der Waals surface area contributed by atoms with Crippen LogP contribution in [-0.4, -0.2) is 32.6 Å². The second-order valence-electron chi connectivity index (χ2n) is 4.06. The quantitative estimate of drug-likeness (QED) is 0.806. The lowest BCUT2D eigenvalue weighted by atomic mass is 10.1. The number of carbonyl (C=O) groups excluding carboxylic acids is 1. The monoisotopic (exact) mass is 235 g/mol. The van der Waals surface area contributed by atoms with E-state index in [1.165, 1.54) is 0 Å². The van der Waals surface area contributed by atoms with Crippen molar-refractivity contribution in [1.82, 2.24) is 5.32 Å². The lowest BCUT2D eigenvalue weighted by molar-refractivity contribution is 0.110. The third-order valence-electron chi connectivity index (χ3n) is 2.94. The molecule has 0 atom stereocenters. The fourth-order valence-electron chi connectivity index (χ4n) is 2.01. The average Bonchev–Trinajstić information content (AvgIpc) is 2.39. The summed E-state index contributed by atoms with van der Waals surface area (Å²) < 4.78 is 11.0. The SMILES string of the molecule is COc1cccc(OC2CCNCC2)c1C=O. The van der Waals surface area contributed by atoms with Gasteiger partial charge in [-0.2, -0.15) is 0 Å².